The maximum absolute atomic E-state index is 12.4. The summed E-state index contributed by atoms with van der Waals surface area (Å²) in [5.74, 6) is 2.04. The van der Waals surface area contributed by atoms with Crippen molar-refractivity contribution in [1.82, 2.24) is 24.2 Å². The summed E-state index contributed by atoms with van der Waals surface area (Å²) in [5.41, 5.74) is 3.57. The largest absolute Gasteiger partial charge is 0.338 e. The minimum absolute atomic E-state index is 0.0553. The van der Waals surface area contributed by atoms with Gasteiger partial charge in [0.2, 0.25) is 0 Å². The van der Waals surface area contributed by atoms with Gasteiger partial charge < -0.3 is 4.57 Å². The molecule has 1 saturated heterocycles. The average Bonchev–Trinajstić information content (AvgIpc) is 3.22. The van der Waals surface area contributed by atoms with Crippen molar-refractivity contribution in [2.75, 3.05) is 18.8 Å². The third-order valence-electron chi connectivity index (χ3n) is 5.36. The molecule has 1 atom stereocenters. The Morgan fingerprint density at radius 3 is 3.16 bits per heavy atom. The van der Waals surface area contributed by atoms with E-state index in [4.69, 9.17) is 0 Å². The average molecular weight is 359 g/mol. The van der Waals surface area contributed by atoms with Crippen molar-refractivity contribution in [2.45, 2.75) is 44.0 Å². The van der Waals surface area contributed by atoms with Crippen molar-refractivity contribution in [3.05, 3.63) is 45.9 Å². The van der Waals surface area contributed by atoms with Crippen molar-refractivity contribution in [2.24, 2.45) is 7.05 Å². The molecule has 0 aromatic carbocycles. The fraction of sp³-hybridized carbons (Fsp3) is 0.611. The van der Waals surface area contributed by atoms with Crippen LogP contribution in [0.3, 0.4) is 0 Å². The molecule has 1 unspecified atom stereocenters. The van der Waals surface area contributed by atoms with Crippen LogP contribution >= 0.6 is 11.8 Å². The molecule has 4 heterocycles. The summed E-state index contributed by atoms with van der Waals surface area (Å²) in [5, 5.41) is 4.68. The summed E-state index contributed by atoms with van der Waals surface area (Å²) in [6.45, 7) is 2.84. The Kier molecular flexibility index (Phi) is 4.94. The van der Waals surface area contributed by atoms with Crippen molar-refractivity contribution >= 4 is 11.8 Å². The van der Waals surface area contributed by atoms with Gasteiger partial charge in [-0.1, -0.05) is 0 Å². The van der Waals surface area contributed by atoms with Crippen LogP contribution in [0.1, 0.15) is 29.8 Å². The van der Waals surface area contributed by atoms with Crippen molar-refractivity contribution in [1.29, 1.82) is 0 Å². The molecule has 2 aliphatic rings. The number of hydrogen-bond acceptors (Lipinski definition) is 5. The van der Waals surface area contributed by atoms with Gasteiger partial charge in [-0.25, -0.2) is 9.67 Å². The predicted octanol–water partition coefficient (Wildman–Crippen LogP) is 1.47. The van der Waals surface area contributed by atoms with Crippen LogP contribution in [0.15, 0.2) is 23.4 Å². The van der Waals surface area contributed by atoms with E-state index >= 15 is 0 Å². The van der Waals surface area contributed by atoms with Gasteiger partial charge in [-0.2, -0.15) is 16.9 Å². The minimum Gasteiger partial charge on any atom is -0.338 e. The van der Waals surface area contributed by atoms with Crippen LogP contribution in [-0.2, 0) is 32.2 Å². The molecule has 0 radical (unpaired) electrons. The third kappa shape index (κ3) is 3.67. The van der Waals surface area contributed by atoms with Gasteiger partial charge in [0, 0.05) is 56.2 Å². The molecular weight excluding hydrogens is 334 g/mol. The number of hydrogen-bond donors (Lipinski definition) is 0. The minimum atomic E-state index is 0.0553. The van der Waals surface area contributed by atoms with Gasteiger partial charge in [0.25, 0.3) is 5.56 Å². The van der Waals surface area contributed by atoms with Crippen LogP contribution in [0, 0.1) is 0 Å². The van der Waals surface area contributed by atoms with Gasteiger partial charge in [0.15, 0.2) is 0 Å². The standard InChI is InChI=1S/C18H25N5OS/c1-21-13-19-10-15(21)4-7-22-6-2-3-16(22)11-23-18(24)9-14-12-25-8-5-17(14)20-23/h9-10,13,16H,2-8,11-12H2,1H3. The lowest BCUT2D eigenvalue weighted by atomic mass is 10.2. The number of likely N-dealkylation sites (tertiary alicyclic amines) is 1. The molecule has 1 fully saturated rings. The Balaban J connectivity index is 1.44. The smallest absolute Gasteiger partial charge is 0.267 e. The SMILES string of the molecule is Cn1cncc1CCN1CCCC1Cn1nc2c(cc1=O)CSCC2. The second-order valence-corrected chi connectivity index (χ2v) is 8.12. The molecule has 7 heteroatoms. The molecular formula is C18H25N5OS. The van der Waals surface area contributed by atoms with E-state index in [9.17, 15) is 4.79 Å². The summed E-state index contributed by atoms with van der Waals surface area (Å²) < 4.78 is 3.79. The Morgan fingerprint density at radius 1 is 1.40 bits per heavy atom. The first kappa shape index (κ1) is 16.8. The predicted molar refractivity (Wildman–Crippen MR) is 99.9 cm³/mol. The maximum Gasteiger partial charge on any atom is 0.267 e. The lowest BCUT2D eigenvalue weighted by molar-refractivity contribution is 0.225. The highest BCUT2D eigenvalue weighted by molar-refractivity contribution is 7.98. The van der Waals surface area contributed by atoms with Gasteiger partial charge in [-0.05, 0) is 30.7 Å². The second kappa shape index (κ2) is 7.33. The first-order valence-electron chi connectivity index (χ1n) is 9.07. The molecule has 0 aliphatic carbocycles. The van der Waals surface area contributed by atoms with E-state index in [2.05, 4.69) is 19.5 Å². The number of fused-ring (bicyclic) bond motifs is 1. The molecule has 0 bridgehead atoms. The van der Waals surface area contributed by atoms with E-state index in [1.54, 1.807) is 4.68 Å². The van der Waals surface area contributed by atoms with E-state index in [1.165, 1.54) is 12.1 Å². The van der Waals surface area contributed by atoms with Crippen LogP contribution < -0.4 is 5.56 Å². The maximum atomic E-state index is 12.4. The van der Waals surface area contributed by atoms with E-state index in [1.807, 2.05) is 37.4 Å². The highest BCUT2D eigenvalue weighted by Crippen LogP contribution is 2.22. The van der Waals surface area contributed by atoms with Gasteiger partial charge in [-0.15, -0.1) is 0 Å². The molecule has 6 nitrogen and oxygen atoms in total. The van der Waals surface area contributed by atoms with Crippen LogP contribution in [0.4, 0.5) is 0 Å². The lowest BCUT2D eigenvalue weighted by Gasteiger charge is -2.25. The van der Waals surface area contributed by atoms with Crippen molar-refractivity contribution < 1.29 is 0 Å². The van der Waals surface area contributed by atoms with Crippen LogP contribution in [0.5, 0.6) is 0 Å². The zero-order valence-electron chi connectivity index (χ0n) is 14.7. The summed E-state index contributed by atoms with van der Waals surface area (Å²) in [6, 6.07) is 2.22. The lowest BCUT2D eigenvalue weighted by Crippen LogP contribution is -2.38. The van der Waals surface area contributed by atoms with Gasteiger partial charge >= 0.3 is 0 Å². The number of aryl methyl sites for hydroxylation is 2. The number of imidazole rings is 1. The van der Waals surface area contributed by atoms with E-state index in [0.29, 0.717) is 12.6 Å². The first-order valence-corrected chi connectivity index (χ1v) is 10.2. The highest BCUT2D eigenvalue weighted by atomic mass is 32.2. The summed E-state index contributed by atoms with van der Waals surface area (Å²) in [7, 11) is 2.04. The molecule has 2 aromatic heterocycles. The monoisotopic (exact) mass is 359 g/mol. The van der Waals surface area contributed by atoms with Gasteiger partial charge in [0.05, 0.1) is 18.6 Å². The summed E-state index contributed by atoms with van der Waals surface area (Å²) in [4.78, 5) is 19.1. The Morgan fingerprint density at radius 2 is 2.32 bits per heavy atom. The molecule has 0 N–H and O–H groups in total. The molecule has 0 saturated carbocycles. The fourth-order valence-electron chi connectivity index (χ4n) is 3.86. The van der Waals surface area contributed by atoms with Crippen LogP contribution in [-0.4, -0.2) is 49.1 Å². The van der Waals surface area contributed by atoms with E-state index in [-0.39, 0.29) is 5.56 Å². The quantitative estimate of drug-likeness (QED) is 0.809. The molecule has 2 aliphatic heterocycles. The Bertz CT molecular complexity index is 799. The number of rotatable bonds is 5. The van der Waals surface area contributed by atoms with Gasteiger partial charge in [-0.3, -0.25) is 9.69 Å². The molecule has 25 heavy (non-hydrogen) atoms. The van der Waals surface area contributed by atoms with Crippen LogP contribution in [0.2, 0.25) is 0 Å². The molecule has 0 spiro atoms. The van der Waals surface area contributed by atoms with Gasteiger partial charge in [0.1, 0.15) is 0 Å². The molecule has 2 aromatic rings. The Hall–Kier alpha value is -1.60. The summed E-state index contributed by atoms with van der Waals surface area (Å²) >= 11 is 1.89. The number of nitrogens with zero attached hydrogens (tertiary/aromatic N) is 5. The number of thioether (sulfide) groups is 1. The highest BCUT2D eigenvalue weighted by Gasteiger charge is 2.26. The zero-order chi connectivity index (χ0) is 17.2. The molecule has 134 valence electrons. The first-order chi connectivity index (χ1) is 12.2. The fourth-order valence-corrected chi connectivity index (χ4v) is 4.81. The van der Waals surface area contributed by atoms with E-state index < -0.39 is 0 Å². The van der Waals surface area contributed by atoms with Crippen molar-refractivity contribution in [3.8, 4) is 0 Å². The second-order valence-electron chi connectivity index (χ2n) is 7.02. The Labute approximate surface area is 152 Å². The number of aromatic nitrogens is 4. The molecule has 0 amide bonds. The topological polar surface area (TPSA) is 56.0 Å². The third-order valence-corrected chi connectivity index (χ3v) is 6.37. The molecule has 4 rings (SSSR count). The van der Waals surface area contributed by atoms with Crippen LogP contribution in [0.25, 0.3) is 0 Å². The normalized spacial score (nSPS) is 20.8. The zero-order valence-corrected chi connectivity index (χ0v) is 15.5. The summed E-state index contributed by atoms with van der Waals surface area (Å²) in [6.07, 6.45) is 8.12. The van der Waals surface area contributed by atoms with E-state index in [0.717, 1.165) is 55.1 Å². The van der Waals surface area contributed by atoms with Crippen molar-refractivity contribution in [3.63, 3.8) is 0 Å².